The number of likely N-dealkylation sites (N-methyl/N-ethyl adjacent to an activating group) is 1. The molecule has 4 aromatic rings. The number of carbonyl (C=O) groups is 1. The number of nitrogens with zero attached hydrogens (tertiary/aromatic N) is 3. The Morgan fingerprint density at radius 1 is 1.08 bits per heavy atom. The molecule has 0 bridgehead atoms. The highest BCUT2D eigenvalue weighted by Crippen LogP contribution is 2.33. The first kappa shape index (κ1) is 28.5. The first-order chi connectivity index (χ1) is 18.5. The maximum absolute atomic E-state index is 11.9. The van der Waals surface area contributed by atoms with Crippen LogP contribution >= 0.6 is 11.6 Å². The van der Waals surface area contributed by atoms with Crippen LogP contribution in [-0.2, 0) is 22.7 Å². The van der Waals surface area contributed by atoms with Crippen molar-refractivity contribution in [3.05, 3.63) is 82.4 Å². The Balaban J connectivity index is 1.59. The summed E-state index contributed by atoms with van der Waals surface area (Å²) in [5.41, 5.74) is 6.34. The van der Waals surface area contributed by atoms with Gasteiger partial charge < -0.3 is 14.4 Å². The summed E-state index contributed by atoms with van der Waals surface area (Å²) >= 11 is 6.63. The van der Waals surface area contributed by atoms with Gasteiger partial charge in [0.05, 0.1) is 11.6 Å². The molecule has 0 fully saturated rings. The number of carboxylic acids is 1. The fourth-order valence-electron chi connectivity index (χ4n) is 5.03. The van der Waals surface area contributed by atoms with Crippen LogP contribution in [0.3, 0.4) is 0 Å². The highest BCUT2D eigenvalue weighted by Gasteiger charge is 2.34. The molecule has 3 aromatic carbocycles. The fourth-order valence-corrected chi connectivity index (χ4v) is 5.32. The van der Waals surface area contributed by atoms with Crippen molar-refractivity contribution < 1.29 is 19.2 Å². The highest BCUT2D eigenvalue weighted by atomic mass is 35.5. The molecule has 0 aliphatic carbocycles. The van der Waals surface area contributed by atoms with Gasteiger partial charge in [-0.25, -0.2) is 0 Å². The second-order valence-electron chi connectivity index (χ2n) is 10.9. The van der Waals surface area contributed by atoms with Gasteiger partial charge >= 0.3 is 5.97 Å². The average molecular weight is 548 g/mol. The van der Waals surface area contributed by atoms with Crippen LogP contribution in [0.1, 0.15) is 37.5 Å². The molecule has 0 aliphatic heterocycles. The first-order valence-electron chi connectivity index (χ1n) is 12.7. The van der Waals surface area contributed by atoms with E-state index in [2.05, 4.69) is 35.3 Å². The lowest BCUT2D eigenvalue weighted by molar-refractivity contribution is -0.147. The number of methoxy groups -OCH3 is 1. The van der Waals surface area contributed by atoms with Gasteiger partial charge in [0.2, 0.25) is 5.82 Å². The molecule has 0 aliphatic rings. The van der Waals surface area contributed by atoms with Gasteiger partial charge in [-0.05, 0) is 71.5 Å². The lowest BCUT2D eigenvalue weighted by Crippen LogP contribution is -2.47. The van der Waals surface area contributed by atoms with Crippen LogP contribution in [0.5, 0.6) is 0 Å². The number of aliphatic carboxylic acids is 1. The molecule has 39 heavy (non-hydrogen) atoms. The summed E-state index contributed by atoms with van der Waals surface area (Å²) in [7, 11) is 3.48. The molecule has 1 atom stereocenters. The maximum Gasteiger partial charge on any atom is 0.321 e. The lowest BCUT2D eigenvalue weighted by atomic mass is 9.85. The van der Waals surface area contributed by atoms with E-state index in [-0.39, 0.29) is 0 Å². The number of aryl methyl sites for hydroxylation is 1. The lowest BCUT2D eigenvalue weighted by Gasteiger charge is -2.34. The minimum absolute atomic E-state index is 0.379. The Morgan fingerprint density at radius 2 is 1.79 bits per heavy atom. The van der Waals surface area contributed by atoms with E-state index in [1.807, 2.05) is 68.1 Å². The number of hydrogen-bond donors (Lipinski definition) is 1. The molecule has 0 radical (unpaired) electrons. The standard InChI is InChI=1S/C31H34ClN3O4/c1-19-9-7-8-10-23(19)24-14-12-21(16-22(24)18-38-6)29-33-28(34-39-29)25-13-11-20(15-26(25)32)17-35(5)27(30(36)37)31(2,3)4/h7-16,27H,17-18H2,1-6H3,(H,36,37). The molecule has 4 rings (SSSR count). The Morgan fingerprint density at radius 3 is 2.44 bits per heavy atom. The van der Waals surface area contributed by atoms with Crippen molar-refractivity contribution in [2.24, 2.45) is 5.41 Å². The Bertz CT molecular complexity index is 1470. The van der Waals surface area contributed by atoms with Crippen LogP contribution in [0, 0.1) is 12.3 Å². The van der Waals surface area contributed by atoms with Crippen LogP contribution in [0.2, 0.25) is 5.02 Å². The normalized spacial score (nSPS) is 12.6. The number of ether oxygens (including phenoxy) is 1. The van der Waals surface area contributed by atoms with E-state index >= 15 is 0 Å². The van der Waals surface area contributed by atoms with Crippen molar-refractivity contribution in [2.45, 2.75) is 46.9 Å². The SMILES string of the molecule is COCc1cc(-c2nc(-c3ccc(CN(C)C(C(=O)O)C(C)(C)C)cc3Cl)no2)ccc1-c1ccccc1C. The number of hydrogen-bond acceptors (Lipinski definition) is 6. The Labute approximate surface area is 234 Å². The van der Waals surface area contributed by atoms with Crippen molar-refractivity contribution in [2.75, 3.05) is 14.2 Å². The zero-order valence-corrected chi connectivity index (χ0v) is 23.9. The highest BCUT2D eigenvalue weighted by molar-refractivity contribution is 6.33. The second-order valence-corrected chi connectivity index (χ2v) is 11.3. The van der Waals surface area contributed by atoms with E-state index in [0.717, 1.165) is 27.8 Å². The molecule has 0 saturated heterocycles. The van der Waals surface area contributed by atoms with Gasteiger partial charge in [-0.2, -0.15) is 4.98 Å². The van der Waals surface area contributed by atoms with Crippen molar-refractivity contribution >= 4 is 17.6 Å². The molecular weight excluding hydrogens is 514 g/mol. The van der Waals surface area contributed by atoms with Gasteiger partial charge in [0.25, 0.3) is 5.89 Å². The summed E-state index contributed by atoms with van der Waals surface area (Å²) < 4.78 is 11.1. The summed E-state index contributed by atoms with van der Waals surface area (Å²) in [6, 6.07) is 19.2. The number of carboxylic acid groups (broad SMARTS) is 1. The topological polar surface area (TPSA) is 88.7 Å². The quantitative estimate of drug-likeness (QED) is 0.239. The number of rotatable bonds is 9. The predicted molar refractivity (Wildman–Crippen MR) is 153 cm³/mol. The van der Waals surface area contributed by atoms with Crippen LogP contribution in [-0.4, -0.2) is 46.3 Å². The molecule has 0 saturated carbocycles. The third-order valence-corrected chi connectivity index (χ3v) is 7.03. The molecule has 0 spiro atoms. The molecule has 1 heterocycles. The second kappa shape index (κ2) is 11.7. The van der Waals surface area contributed by atoms with E-state index in [4.69, 9.17) is 20.9 Å². The van der Waals surface area contributed by atoms with Crippen LogP contribution in [0.15, 0.2) is 65.2 Å². The van der Waals surface area contributed by atoms with Crippen molar-refractivity contribution in [1.29, 1.82) is 0 Å². The van der Waals surface area contributed by atoms with Gasteiger partial charge in [0.1, 0.15) is 6.04 Å². The van der Waals surface area contributed by atoms with Gasteiger partial charge in [-0.1, -0.05) is 73.9 Å². The molecule has 1 N–H and O–H groups in total. The Hall–Kier alpha value is -3.52. The zero-order valence-electron chi connectivity index (χ0n) is 23.2. The molecule has 1 unspecified atom stereocenters. The van der Waals surface area contributed by atoms with Gasteiger partial charge in [0.15, 0.2) is 0 Å². The number of benzene rings is 3. The summed E-state index contributed by atoms with van der Waals surface area (Å²) in [5, 5.41) is 14.4. The van der Waals surface area contributed by atoms with Crippen molar-refractivity contribution in [3.8, 4) is 34.0 Å². The minimum Gasteiger partial charge on any atom is -0.480 e. The summed E-state index contributed by atoms with van der Waals surface area (Å²) in [6.45, 7) is 8.72. The molecule has 0 amide bonds. The molecular formula is C31H34ClN3O4. The van der Waals surface area contributed by atoms with Gasteiger partial charge in [0, 0.05) is 24.8 Å². The first-order valence-corrected chi connectivity index (χ1v) is 13.1. The number of halogens is 1. The molecule has 1 aromatic heterocycles. The number of aromatic nitrogens is 2. The van der Waals surface area contributed by atoms with Crippen LogP contribution < -0.4 is 0 Å². The van der Waals surface area contributed by atoms with E-state index in [9.17, 15) is 9.90 Å². The van der Waals surface area contributed by atoms with Gasteiger partial charge in [-0.15, -0.1) is 0 Å². The summed E-state index contributed by atoms with van der Waals surface area (Å²) in [4.78, 5) is 18.3. The smallest absolute Gasteiger partial charge is 0.321 e. The zero-order chi connectivity index (χ0) is 28.3. The van der Waals surface area contributed by atoms with E-state index in [1.54, 1.807) is 14.2 Å². The molecule has 204 valence electrons. The largest absolute Gasteiger partial charge is 0.480 e. The van der Waals surface area contributed by atoms with E-state index in [0.29, 0.717) is 35.5 Å². The van der Waals surface area contributed by atoms with Crippen molar-refractivity contribution in [1.82, 2.24) is 15.0 Å². The van der Waals surface area contributed by atoms with Crippen LogP contribution in [0.25, 0.3) is 34.0 Å². The monoisotopic (exact) mass is 547 g/mol. The fraction of sp³-hybridized carbons (Fsp3) is 0.323. The summed E-state index contributed by atoms with van der Waals surface area (Å²) in [6.07, 6.45) is 0. The molecule has 8 heteroatoms. The Kier molecular flexibility index (Phi) is 8.54. The van der Waals surface area contributed by atoms with Gasteiger partial charge in [-0.3, -0.25) is 9.69 Å². The van der Waals surface area contributed by atoms with E-state index in [1.165, 1.54) is 5.56 Å². The van der Waals surface area contributed by atoms with Crippen LogP contribution in [0.4, 0.5) is 0 Å². The third kappa shape index (κ3) is 6.38. The van der Waals surface area contributed by atoms with E-state index < -0.39 is 17.4 Å². The minimum atomic E-state index is -0.854. The average Bonchev–Trinajstić information content (AvgIpc) is 3.33. The summed E-state index contributed by atoms with van der Waals surface area (Å²) in [5.74, 6) is -0.0926. The third-order valence-electron chi connectivity index (χ3n) is 6.71. The maximum atomic E-state index is 11.9. The predicted octanol–water partition coefficient (Wildman–Crippen LogP) is 7.11. The molecule has 7 nitrogen and oxygen atoms in total. The van der Waals surface area contributed by atoms with Crippen molar-refractivity contribution in [3.63, 3.8) is 0 Å².